The maximum absolute atomic E-state index is 13.6. The van der Waals surface area contributed by atoms with Crippen LogP contribution in [-0.2, 0) is 28.6 Å². The second-order valence-corrected chi connectivity index (χ2v) is 9.95. The van der Waals surface area contributed by atoms with Gasteiger partial charge in [0.15, 0.2) is 0 Å². The van der Waals surface area contributed by atoms with Crippen molar-refractivity contribution in [1.82, 2.24) is 9.80 Å². The lowest BCUT2D eigenvalue weighted by Gasteiger charge is -2.53. The van der Waals surface area contributed by atoms with Gasteiger partial charge < -0.3 is 19.0 Å². The normalized spacial score (nSPS) is 27.9. The molecule has 1 aliphatic carbocycles. The van der Waals surface area contributed by atoms with Crippen LogP contribution in [0.4, 0.5) is 0 Å². The Bertz CT molecular complexity index is 643. The number of hydrogen-bond donors (Lipinski definition) is 0. The molecular weight excluding hydrogens is 400 g/mol. The minimum absolute atomic E-state index is 0.0902. The molecule has 2 saturated heterocycles. The first-order valence-electron chi connectivity index (χ1n) is 11.7. The number of carbonyl (C=O) groups excluding carboxylic acids is 3. The zero-order valence-electron chi connectivity index (χ0n) is 19.4. The van der Waals surface area contributed by atoms with Crippen LogP contribution in [0.1, 0.15) is 66.2 Å². The molecule has 1 atom stereocenters. The zero-order valence-corrected chi connectivity index (χ0v) is 19.4. The highest BCUT2D eigenvalue weighted by Crippen LogP contribution is 2.39. The summed E-state index contributed by atoms with van der Waals surface area (Å²) in [5.41, 5.74) is -0.651. The van der Waals surface area contributed by atoms with Gasteiger partial charge in [-0.25, -0.2) is 4.79 Å². The van der Waals surface area contributed by atoms with Gasteiger partial charge in [-0.05, 0) is 66.2 Å². The largest absolute Gasteiger partial charge is 0.466 e. The Hall–Kier alpha value is -1.51. The fraction of sp³-hybridized carbons (Fsp3) is 0.870. The van der Waals surface area contributed by atoms with E-state index in [2.05, 4.69) is 4.90 Å². The fourth-order valence-corrected chi connectivity index (χ4v) is 4.78. The highest BCUT2D eigenvalue weighted by atomic mass is 16.6. The van der Waals surface area contributed by atoms with E-state index in [1.54, 1.807) is 0 Å². The first-order chi connectivity index (χ1) is 14.7. The van der Waals surface area contributed by atoms with Crippen molar-refractivity contribution in [3.63, 3.8) is 0 Å². The lowest BCUT2D eigenvalue weighted by Crippen LogP contribution is -2.73. The number of ether oxygens (including phenoxy) is 3. The molecular formula is C23H38N2O6. The minimum atomic E-state index is -1.31. The van der Waals surface area contributed by atoms with Crippen molar-refractivity contribution in [1.29, 1.82) is 0 Å². The molecule has 2 aliphatic heterocycles. The van der Waals surface area contributed by atoms with Gasteiger partial charge in [-0.2, -0.15) is 0 Å². The molecule has 31 heavy (non-hydrogen) atoms. The predicted octanol–water partition coefficient (Wildman–Crippen LogP) is 2.35. The molecule has 0 amide bonds. The third kappa shape index (κ3) is 5.46. The standard InChI is InChI=1S/C23H38N2O6/c1-5-29-20(27)18-8-10-19(11-9-18)30-23(24-12-6-7-13-24,21(28)31-22(2,3)4)25-14-17(15-25)16-26/h16-19H,5-15H2,1-4H3. The number of rotatable bonds is 8. The summed E-state index contributed by atoms with van der Waals surface area (Å²) in [5.74, 6) is -2.06. The molecule has 3 rings (SSSR count). The third-order valence-electron chi connectivity index (χ3n) is 6.36. The van der Waals surface area contributed by atoms with E-state index in [0.717, 1.165) is 32.2 Å². The molecule has 0 radical (unpaired) electrons. The molecule has 8 nitrogen and oxygen atoms in total. The van der Waals surface area contributed by atoms with E-state index in [1.807, 2.05) is 32.6 Å². The minimum Gasteiger partial charge on any atom is -0.466 e. The average molecular weight is 439 g/mol. The summed E-state index contributed by atoms with van der Waals surface area (Å²) in [4.78, 5) is 41.1. The molecule has 176 valence electrons. The van der Waals surface area contributed by atoms with Gasteiger partial charge in [0, 0.05) is 32.1 Å². The van der Waals surface area contributed by atoms with Crippen LogP contribution in [0.3, 0.4) is 0 Å². The lowest BCUT2D eigenvalue weighted by atomic mass is 9.87. The second-order valence-electron chi connectivity index (χ2n) is 9.95. The van der Waals surface area contributed by atoms with Gasteiger partial charge in [-0.3, -0.25) is 14.6 Å². The summed E-state index contributed by atoms with van der Waals surface area (Å²) < 4.78 is 17.7. The van der Waals surface area contributed by atoms with Gasteiger partial charge in [0.25, 0.3) is 5.85 Å². The van der Waals surface area contributed by atoms with Crippen molar-refractivity contribution in [2.24, 2.45) is 11.8 Å². The van der Waals surface area contributed by atoms with E-state index in [1.165, 1.54) is 0 Å². The number of esters is 2. The number of nitrogens with zero attached hydrogens (tertiary/aromatic N) is 2. The van der Waals surface area contributed by atoms with E-state index in [-0.39, 0.29) is 23.9 Å². The van der Waals surface area contributed by atoms with E-state index < -0.39 is 17.4 Å². The Balaban J connectivity index is 1.80. The fourth-order valence-electron chi connectivity index (χ4n) is 4.78. The number of hydrogen-bond acceptors (Lipinski definition) is 8. The monoisotopic (exact) mass is 438 g/mol. The van der Waals surface area contributed by atoms with E-state index >= 15 is 0 Å². The highest BCUT2D eigenvalue weighted by Gasteiger charge is 2.58. The van der Waals surface area contributed by atoms with Crippen molar-refractivity contribution in [2.75, 3.05) is 32.8 Å². The molecule has 3 fully saturated rings. The van der Waals surface area contributed by atoms with Crippen LogP contribution in [-0.4, -0.2) is 78.4 Å². The summed E-state index contributed by atoms with van der Waals surface area (Å²) >= 11 is 0. The molecule has 8 heteroatoms. The average Bonchev–Trinajstić information content (AvgIpc) is 3.20. The van der Waals surface area contributed by atoms with Crippen molar-refractivity contribution >= 4 is 18.2 Å². The molecule has 3 aliphatic rings. The summed E-state index contributed by atoms with van der Waals surface area (Å²) in [6.07, 6.45) is 5.53. The zero-order chi connectivity index (χ0) is 22.6. The maximum atomic E-state index is 13.6. The molecule has 0 N–H and O–H groups in total. The van der Waals surface area contributed by atoms with Crippen molar-refractivity contribution in [2.45, 2.75) is 83.8 Å². The van der Waals surface area contributed by atoms with Crippen LogP contribution >= 0.6 is 0 Å². The van der Waals surface area contributed by atoms with Gasteiger partial charge in [0.1, 0.15) is 11.9 Å². The van der Waals surface area contributed by atoms with Crippen molar-refractivity contribution < 1.29 is 28.6 Å². The van der Waals surface area contributed by atoms with E-state index in [0.29, 0.717) is 45.4 Å². The molecule has 1 saturated carbocycles. The maximum Gasteiger partial charge on any atom is 0.371 e. The van der Waals surface area contributed by atoms with Crippen LogP contribution in [0, 0.1) is 11.8 Å². The molecule has 0 spiro atoms. The number of carbonyl (C=O) groups is 3. The predicted molar refractivity (Wildman–Crippen MR) is 114 cm³/mol. The Labute approximate surface area is 185 Å². The SMILES string of the molecule is CCOC(=O)C1CCC(OC(C(=O)OC(C)(C)C)(N2CCCC2)N2CC(C=O)C2)CC1. The summed E-state index contributed by atoms with van der Waals surface area (Å²) in [7, 11) is 0. The van der Waals surface area contributed by atoms with Crippen LogP contribution in [0.25, 0.3) is 0 Å². The van der Waals surface area contributed by atoms with Crippen LogP contribution in [0.2, 0.25) is 0 Å². The summed E-state index contributed by atoms with van der Waals surface area (Å²) in [6.45, 7) is 10.2. The number of aldehydes is 1. The second kappa shape index (κ2) is 9.96. The van der Waals surface area contributed by atoms with Gasteiger partial charge in [0.2, 0.25) is 0 Å². The van der Waals surface area contributed by atoms with Gasteiger partial charge in [-0.1, -0.05) is 0 Å². The van der Waals surface area contributed by atoms with Crippen LogP contribution < -0.4 is 0 Å². The Morgan fingerprint density at radius 3 is 2.13 bits per heavy atom. The van der Waals surface area contributed by atoms with Crippen molar-refractivity contribution in [3.05, 3.63) is 0 Å². The lowest BCUT2D eigenvalue weighted by molar-refractivity contribution is -0.292. The smallest absolute Gasteiger partial charge is 0.371 e. The number of likely N-dealkylation sites (tertiary alicyclic amines) is 2. The molecule has 0 aromatic heterocycles. The van der Waals surface area contributed by atoms with E-state index in [4.69, 9.17) is 14.2 Å². The van der Waals surface area contributed by atoms with Crippen molar-refractivity contribution in [3.8, 4) is 0 Å². The van der Waals surface area contributed by atoms with Crippen LogP contribution in [0.15, 0.2) is 0 Å². The summed E-state index contributed by atoms with van der Waals surface area (Å²) in [5, 5.41) is 0. The molecule has 0 aromatic rings. The first kappa shape index (κ1) is 24.1. The molecule has 2 heterocycles. The van der Waals surface area contributed by atoms with Gasteiger partial charge >= 0.3 is 11.9 Å². The highest BCUT2D eigenvalue weighted by molar-refractivity contribution is 5.79. The Morgan fingerprint density at radius 1 is 1.00 bits per heavy atom. The molecule has 0 bridgehead atoms. The Kier molecular flexibility index (Phi) is 7.76. The van der Waals surface area contributed by atoms with Gasteiger partial charge in [-0.15, -0.1) is 0 Å². The quantitative estimate of drug-likeness (QED) is 0.422. The van der Waals surface area contributed by atoms with E-state index in [9.17, 15) is 14.4 Å². The van der Waals surface area contributed by atoms with Gasteiger partial charge in [0.05, 0.1) is 18.6 Å². The molecule has 1 unspecified atom stereocenters. The topological polar surface area (TPSA) is 85.4 Å². The first-order valence-corrected chi connectivity index (χ1v) is 11.7. The third-order valence-corrected chi connectivity index (χ3v) is 6.36. The summed E-state index contributed by atoms with van der Waals surface area (Å²) in [6, 6.07) is 0. The van der Waals surface area contributed by atoms with Crippen LogP contribution in [0.5, 0.6) is 0 Å². The Morgan fingerprint density at radius 2 is 1.61 bits per heavy atom. The molecule has 0 aromatic carbocycles.